The fourth-order valence-electron chi connectivity index (χ4n) is 3.94. The number of halogens is 3. The van der Waals surface area contributed by atoms with Crippen LogP contribution in [0.5, 0.6) is 0 Å². The molecular formula is C22H29F3N6O4S2. The number of azo groups is 1. The van der Waals surface area contributed by atoms with Crippen LogP contribution in [0.15, 0.2) is 22.4 Å². The summed E-state index contributed by atoms with van der Waals surface area (Å²) in [7, 11) is -4.77. The Morgan fingerprint density at radius 3 is 2.62 bits per heavy atom. The van der Waals surface area contributed by atoms with Crippen molar-refractivity contribution < 1.29 is 31.1 Å². The molecule has 0 saturated heterocycles. The third-order valence-electron chi connectivity index (χ3n) is 5.51. The summed E-state index contributed by atoms with van der Waals surface area (Å²) >= 11 is 0.822. The Hall–Kier alpha value is -2.81. The van der Waals surface area contributed by atoms with Gasteiger partial charge in [0.25, 0.3) is 5.13 Å². The number of hydrogen-bond donors (Lipinski definition) is 1. The number of esters is 1. The van der Waals surface area contributed by atoms with Gasteiger partial charge in [0.2, 0.25) is 15.0 Å². The first-order valence-corrected chi connectivity index (χ1v) is 14.2. The highest BCUT2D eigenvalue weighted by Gasteiger charge is 2.36. The van der Waals surface area contributed by atoms with Gasteiger partial charge in [-0.05, 0) is 49.8 Å². The molecule has 1 aromatic carbocycles. The van der Waals surface area contributed by atoms with Crippen molar-refractivity contribution in [3.05, 3.63) is 22.7 Å². The molecular weight excluding hydrogens is 533 g/mol. The van der Waals surface area contributed by atoms with Gasteiger partial charge in [-0.2, -0.15) is 13.2 Å². The average molecular weight is 563 g/mol. The van der Waals surface area contributed by atoms with Crippen molar-refractivity contribution in [3.8, 4) is 0 Å². The van der Waals surface area contributed by atoms with E-state index in [1.807, 2.05) is 32.4 Å². The molecule has 37 heavy (non-hydrogen) atoms. The number of rotatable bonds is 10. The van der Waals surface area contributed by atoms with E-state index in [4.69, 9.17) is 4.74 Å². The summed E-state index contributed by atoms with van der Waals surface area (Å²) in [5.74, 6) is -2.57. The molecule has 1 aliphatic rings. The minimum absolute atomic E-state index is 0.000418. The van der Waals surface area contributed by atoms with Crippen LogP contribution in [0.4, 0.5) is 35.4 Å². The van der Waals surface area contributed by atoms with Crippen molar-refractivity contribution in [3.63, 3.8) is 0 Å². The number of hydrogen-bond acceptors (Lipinski definition) is 10. The molecule has 1 unspecified atom stereocenters. The van der Waals surface area contributed by atoms with Gasteiger partial charge >= 0.3 is 12.1 Å². The molecule has 1 atom stereocenters. The Balaban J connectivity index is 1.96. The molecule has 204 valence electrons. The van der Waals surface area contributed by atoms with Gasteiger partial charge in [-0.25, -0.2) is 13.2 Å². The summed E-state index contributed by atoms with van der Waals surface area (Å²) < 4.78 is 70.3. The number of carbonyl (C=O) groups is 1. The van der Waals surface area contributed by atoms with Gasteiger partial charge in [-0.3, -0.25) is 4.72 Å². The molecule has 2 aromatic rings. The number of nitrogens with one attached hydrogen (secondary N) is 1. The Bertz CT molecular complexity index is 1250. The zero-order chi connectivity index (χ0) is 27.4. The molecule has 1 N–H and O–H groups in total. The van der Waals surface area contributed by atoms with Crippen LogP contribution >= 0.6 is 11.3 Å². The van der Waals surface area contributed by atoms with E-state index >= 15 is 0 Å². The minimum Gasteiger partial charge on any atom is -0.460 e. The van der Waals surface area contributed by atoms with E-state index in [0.717, 1.165) is 35.4 Å². The highest BCUT2D eigenvalue weighted by molar-refractivity contribution is 7.92. The van der Waals surface area contributed by atoms with Gasteiger partial charge in [-0.15, -0.1) is 20.4 Å². The van der Waals surface area contributed by atoms with Gasteiger partial charge in [0.15, 0.2) is 5.75 Å². The van der Waals surface area contributed by atoms with Crippen LogP contribution in [0.1, 0.15) is 55.9 Å². The molecule has 2 heterocycles. The molecule has 1 aromatic heterocycles. The number of alkyl halides is 3. The van der Waals surface area contributed by atoms with Gasteiger partial charge in [0.05, 0.1) is 12.3 Å². The highest BCUT2D eigenvalue weighted by Crippen LogP contribution is 2.40. The lowest BCUT2D eigenvalue weighted by Gasteiger charge is -2.38. The number of anilines is 2. The summed E-state index contributed by atoms with van der Waals surface area (Å²) in [6, 6.07) is 3.33. The maximum absolute atomic E-state index is 12.9. The lowest BCUT2D eigenvalue weighted by Crippen LogP contribution is -2.38. The zero-order valence-electron chi connectivity index (χ0n) is 20.9. The number of carbonyl (C=O) groups excluding carboxylic acids is 1. The Labute approximate surface area is 217 Å². The Kier molecular flexibility index (Phi) is 9.10. The normalized spacial score (nSPS) is 16.3. The first-order chi connectivity index (χ1) is 17.3. The Morgan fingerprint density at radius 2 is 2.00 bits per heavy atom. The van der Waals surface area contributed by atoms with Gasteiger partial charge in [-0.1, -0.05) is 32.1 Å². The van der Waals surface area contributed by atoms with Crippen molar-refractivity contribution in [2.24, 2.45) is 16.1 Å². The van der Waals surface area contributed by atoms with E-state index in [-0.39, 0.29) is 40.1 Å². The van der Waals surface area contributed by atoms with E-state index in [0.29, 0.717) is 13.0 Å². The monoisotopic (exact) mass is 562 g/mol. The van der Waals surface area contributed by atoms with Crippen LogP contribution in [0.2, 0.25) is 0 Å². The maximum Gasteiger partial charge on any atom is 0.404 e. The second kappa shape index (κ2) is 11.7. The van der Waals surface area contributed by atoms with E-state index in [1.165, 1.54) is 6.07 Å². The number of benzene rings is 1. The van der Waals surface area contributed by atoms with E-state index in [2.05, 4.69) is 25.3 Å². The topological polar surface area (TPSA) is 126 Å². The first kappa shape index (κ1) is 28.8. The Morgan fingerprint density at radius 1 is 1.27 bits per heavy atom. The molecule has 0 amide bonds. The molecule has 3 rings (SSSR count). The van der Waals surface area contributed by atoms with Crippen molar-refractivity contribution >= 4 is 49.5 Å². The molecule has 1 aliphatic heterocycles. The van der Waals surface area contributed by atoms with E-state index in [1.54, 1.807) is 6.07 Å². The summed E-state index contributed by atoms with van der Waals surface area (Å²) in [5, 5.41) is 15.5. The molecule has 0 bridgehead atoms. The van der Waals surface area contributed by atoms with Crippen molar-refractivity contribution in [2.45, 2.75) is 59.2 Å². The quantitative estimate of drug-likeness (QED) is 0.294. The molecule has 15 heteroatoms. The molecule has 10 nitrogen and oxygen atoms in total. The van der Waals surface area contributed by atoms with Crippen LogP contribution in [-0.2, 0) is 21.2 Å². The van der Waals surface area contributed by atoms with Gasteiger partial charge in [0.1, 0.15) is 5.69 Å². The molecule has 0 fully saturated rings. The molecule has 0 saturated carbocycles. The third kappa shape index (κ3) is 7.84. The van der Waals surface area contributed by atoms with Crippen LogP contribution in [0.25, 0.3) is 0 Å². The molecule has 0 spiro atoms. The summed E-state index contributed by atoms with van der Waals surface area (Å²) in [4.78, 5) is 14.2. The van der Waals surface area contributed by atoms with Crippen LogP contribution in [0.3, 0.4) is 0 Å². The number of aromatic nitrogens is 2. The van der Waals surface area contributed by atoms with Gasteiger partial charge in [0, 0.05) is 18.3 Å². The zero-order valence-corrected chi connectivity index (χ0v) is 22.5. The van der Waals surface area contributed by atoms with Crippen LogP contribution in [0, 0.1) is 5.92 Å². The largest absolute Gasteiger partial charge is 0.460 e. The number of nitrogens with zero attached hydrogens (tertiary/aromatic N) is 5. The fraction of sp³-hybridized carbons (Fsp3) is 0.591. The fourth-order valence-corrected chi connectivity index (χ4v) is 5.50. The predicted octanol–water partition coefficient (Wildman–Crippen LogP) is 5.62. The predicted molar refractivity (Wildman–Crippen MR) is 135 cm³/mol. The van der Waals surface area contributed by atoms with Crippen molar-refractivity contribution in [1.82, 2.24) is 10.2 Å². The summed E-state index contributed by atoms with van der Waals surface area (Å²) in [6.45, 7) is 8.62. The molecule has 0 radical (unpaired) electrons. The number of ether oxygens (including phenoxy) is 1. The standard InChI is InChI=1S/C22H29F3N6O4S2/c1-5-15-8-7-14-9-16(26-28-21-29-27-19(36-21)20(32)35-11-13(3)4)17(10-18(14)31(15)6-2)30-37(33,34)12-22(23,24)25/h9-10,13,15,30H,5-8,11-12H2,1-4H3. The average Bonchev–Trinajstić information content (AvgIpc) is 3.27. The number of sulfonamides is 1. The van der Waals surface area contributed by atoms with Gasteiger partial charge < -0.3 is 9.64 Å². The summed E-state index contributed by atoms with van der Waals surface area (Å²) in [5.41, 5.74) is 1.49. The lowest BCUT2D eigenvalue weighted by atomic mass is 9.93. The SMILES string of the molecule is CCC1CCc2cc(N=Nc3nnc(C(=O)OCC(C)C)s3)c(NS(=O)(=O)CC(F)(F)F)cc2N1CC. The van der Waals surface area contributed by atoms with E-state index < -0.39 is 27.9 Å². The van der Waals surface area contributed by atoms with Crippen molar-refractivity contribution in [2.75, 3.05) is 28.5 Å². The highest BCUT2D eigenvalue weighted by atomic mass is 32.2. The minimum atomic E-state index is -4.92. The third-order valence-corrected chi connectivity index (χ3v) is 7.53. The lowest BCUT2D eigenvalue weighted by molar-refractivity contribution is -0.106. The van der Waals surface area contributed by atoms with E-state index in [9.17, 15) is 26.4 Å². The molecule has 0 aliphatic carbocycles. The number of aryl methyl sites for hydroxylation is 1. The smallest absolute Gasteiger partial charge is 0.404 e. The second-order valence-corrected chi connectivity index (χ2v) is 11.6. The summed E-state index contributed by atoms with van der Waals surface area (Å²) in [6.07, 6.45) is -2.50. The van der Waals surface area contributed by atoms with Crippen LogP contribution in [-0.4, -0.2) is 55.7 Å². The van der Waals surface area contributed by atoms with Crippen LogP contribution < -0.4 is 9.62 Å². The number of fused-ring (bicyclic) bond motifs is 1. The van der Waals surface area contributed by atoms with Crippen molar-refractivity contribution in [1.29, 1.82) is 0 Å². The maximum atomic E-state index is 12.9. The first-order valence-electron chi connectivity index (χ1n) is 11.7. The second-order valence-electron chi connectivity index (χ2n) is 8.94.